The molecule has 2 N–H and O–H groups in total. The Morgan fingerprint density at radius 1 is 1.39 bits per heavy atom. The Balaban J connectivity index is 1.74. The summed E-state index contributed by atoms with van der Waals surface area (Å²) in [6, 6.07) is 1.74. The summed E-state index contributed by atoms with van der Waals surface area (Å²) < 4.78 is 5.17. The van der Waals surface area contributed by atoms with Crippen molar-refractivity contribution in [2.45, 2.75) is 25.2 Å². The molecule has 100 valence electrons. The van der Waals surface area contributed by atoms with Gasteiger partial charge in [-0.05, 0) is 19.3 Å². The fraction of sp³-hybridized carbons (Fsp3) is 0.667. The van der Waals surface area contributed by atoms with Gasteiger partial charge >= 0.3 is 0 Å². The standard InChI is InChI=1S/C12H18ClN3O2/c13-10-8-11(14-4-1-6-18-7-5-17)16-12(15-10)9-2-3-9/h8-9,17H,1-7H2,(H,14,15,16). The fourth-order valence-corrected chi connectivity index (χ4v) is 1.80. The van der Waals surface area contributed by atoms with E-state index in [-0.39, 0.29) is 6.61 Å². The molecule has 0 radical (unpaired) electrons. The molecule has 0 bridgehead atoms. The molecule has 0 unspecified atom stereocenters. The summed E-state index contributed by atoms with van der Waals surface area (Å²) in [4.78, 5) is 8.67. The first kappa shape index (κ1) is 13.5. The van der Waals surface area contributed by atoms with Gasteiger partial charge in [0, 0.05) is 25.1 Å². The van der Waals surface area contributed by atoms with Crippen molar-refractivity contribution in [3.8, 4) is 0 Å². The predicted octanol–water partition coefficient (Wildman–Crippen LogP) is 1.82. The van der Waals surface area contributed by atoms with Gasteiger partial charge in [-0.1, -0.05) is 11.6 Å². The molecule has 6 heteroatoms. The summed E-state index contributed by atoms with van der Waals surface area (Å²) in [6.45, 7) is 1.86. The van der Waals surface area contributed by atoms with E-state index < -0.39 is 0 Å². The van der Waals surface area contributed by atoms with Gasteiger partial charge in [-0.15, -0.1) is 0 Å². The van der Waals surface area contributed by atoms with E-state index in [4.69, 9.17) is 21.4 Å². The summed E-state index contributed by atoms with van der Waals surface area (Å²) in [5.41, 5.74) is 0. The van der Waals surface area contributed by atoms with E-state index in [0.29, 0.717) is 24.3 Å². The molecule has 1 aromatic heterocycles. The lowest BCUT2D eigenvalue weighted by Crippen LogP contribution is -2.09. The van der Waals surface area contributed by atoms with E-state index in [2.05, 4.69) is 15.3 Å². The van der Waals surface area contributed by atoms with Crippen LogP contribution in [0.3, 0.4) is 0 Å². The highest BCUT2D eigenvalue weighted by molar-refractivity contribution is 6.29. The van der Waals surface area contributed by atoms with Crippen LogP contribution in [0.5, 0.6) is 0 Å². The van der Waals surface area contributed by atoms with Crippen LogP contribution in [0.1, 0.15) is 31.0 Å². The fourth-order valence-electron chi connectivity index (χ4n) is 1.61. The maximum atomic E-state index is 8.55. The molecule has 5 nitrogen and oxygen atoms in total. The highest BCUT2D eigenvalue weighted by Gasteiger charge is 2.27. The molecule has 1 heterocycles. The van der Waals surface area contributed by atoms with E-state index >= 15 is 0 Å². The Morgan fingerprint density at radius 2 is 2.22 bits per heavy atom. The van der Waals surface area contributed by atoms with Gasteiger partial charge in [-0.3, -0.25) is 0 Å². The average molecular weight is 272 g/mol. The van der Waals surface area contributed by atoms with E-state index in [9.17, 15) is 0 Å². The molecule has 0 spiro atoms. The Morgan fingerprint density at radius 3 is 2.94 bits per heavy atom. The third-order valence-corrected chi connectivity index (χ3v) is 2.86. The summed E-state index contributed by atoms with van der Waals surface area (Å²) in [6.07, 6.45) is 3.18. The Labute approximate surface area is 112 Å². The summed E-state index contributed by atoms with van der Waals surface area (Å²) in [5, 5.41) is 12.2. The molecule has 0 amide bonds. The highest BCUT2D eigenvalue weighted by atomic mass is 35.5. The van der Waals surface area contributed by atoms with Crippen LogP contribution in [0.25, 0.3) is 0 Å². The first-order chi connectivity index (χ1) is 8.79. The predicted molar refractivity (Wildman–Crippen MR) is 70.0 cm³/mol. The van der Waals surface area contributed by atoms with Crippen LogP contribution in [0.4, 0.5) is 5.82 Å². The molecule has 0 saturated heterocycles. The van der Waals surface area contributed by atoms with Crippen molar-refractivity contribution in [3.05, 3.63) is 17.0 Å². The molecule has 2 rings (SSSR count). The zero-order valence-corrected chi connectivity index (χ0v) is 11.0. The van der Waals surface area contributed by atoms with Gasteiger partial charge in [-0.2, -0.15) is 0 Å². The van der Waals surface area contributed by atoms with Crippen molar-refractivity contribution in [1.29, 1.82) is 0 Å². The third kappa shape index (κ3) is 4.40. The zero-order chi connectivity index (χ0) is 12.8. The van der Waals surface area contributed by atoms with Crippen LogP contribution in [0, 0.1) is 0 Å². The number of nitrogens with one attached hydrogen (secondary N) is 1. The average Bonchev–Trinajstić information content (AvgIpc) is 3.17. The van der Waals surface area contributed by atoms with E-state index in [1.807, 2.05) is 0 Å². The summed E-state index contributed by atoms with van der Waals surface area (Å²) in [5.74, 6) is 2.12. The minimum Gasteiger partial charge on any atom is -0.394 e. The second-order valence-electron chi connectivity index (χ2n) is 4.32. The number of aliphatic hydroxyl groups excluding tert-OH is 1. The highest BCUT2D eigenvalue weighted by Crippen LogP contribution is 2.38. The molecular weight excluding hydrogens is 254 g/mol. The van der Waals surface area contributed by atoms with Gasteiger partial charge in [0.05, 0.1) is 13.2 Å². The SMILES string of the molecule is OCCOCCCNc1cc(Cl)nc(C2CC2)n1. The molecule has 1 fully saturated rings. The van der Waals surface area contributed by atoms with Crippen molar-refractivity contribution in [2.75, 3.05) is 31.7 Å². The molecule has 0 aromatic carbocycles. The van der Waals surface area contributed by atoms with Gasteiger partial charge in [-0.25, -0.2) is 9.97 Å². The smallest absolute Gasteiger partial charge is 0.135 e. The Bertz CT molecular complexity index is 386. The van der Waals surface area contributed by atoms with Crippen LogP contribution >= 0.6 is 11.6 Å². The summed E-state index contributed by atoms with van der Waals surface area (Å²) >= 11 is 5.96. The van der Waals surface area contributed by atoms with Crippen molar-refractivity contribution >= 4 is 17.4 Å². The number of rotatable bonds is 8. The van der Waals surface area contributed by atoms with Crippen LogP contribution in [0.15, 0.2) is 6.07 Å². The monoisotopic (exact) mass is 271 g/mol. The number of ether oxygens (including phenoxy) is 1. The lowest BCUT2D eigenvalue weighted by atomic mass is 10.4. The van der Waals surface area contributed by atoms with Gasteiger partial charge in [0.15, 0.2) is 0 Å². The minimum absolute atomic E-state index is 0.0691. The van der Waals surface area contributed by atoms with Gasteiger partial charge < -0.3 is 15.2 Å². The van der Waals surface area contributed by atoms with Crippen LogP contribution in [0.2, 0.25) is 5.15 Å². The van der Waals surface area contributed by atoms with Crippen molar-refractivity contribution in [1.82, 2.24) is 9.97 Å². The molecule has 0 aliphatic heterocycles. The van der Waals surface area contributed by atoms with E-state index in [0.717, 1.165) is 37.4 Å². The van der Waals surface area contributed by atoms with Crippen LogP contribution < -0.4 is 5.32 Å². The zero-order valence-electron chi connectivity index (χ0n) is 10.2. The molecule has 1 aliphatic carbocycles. The van der Waals surface area contributed by atoms with Crippen molar-refractivity contribution in [3.63, 3.8) is 0 Å². The number of hydrogen-bond acceptors (Lipinski definition) is 5. The lowest BCUT2D eigenvalue weighted by molar-refractivity contribution is 0.0922. The topological polar surface area (TPSA) is 67.3 Å². The number of anilines is 1. The number of aromatic nitrogens is 2. The third-order valence-electron chi connectivity index (χ3n) is 2.66. The maximum Gasteiger partial charge on any atom is 0.135 e. The largest absolute Gasteiger partial charge is 0.394 e. The minimum atomic E-state index is 0.0691. The van der Waals surface area contributed by atoms with E-state index in [1.165, 1.54) is 0 Å². The van der Waals surface area contributed by atoms with Gasteiger partial charge in [0.1, 0.15) is 16.8 Å². The van der Waals surface area contributed by atoms with Crippen molar-refractivity contribution < 1.29 is 9.84 Å². The first-order valence-electron chi connectivity index (χ1n) is 6.26. The van der Waals surface area contributed by atoms with Gasteiger partial charge in [0.25, 0.3) is 0 Å². The van der Waals surface area contributed by atoms with Crippen LogP contribution in [-0.4, -0.2) is 41.4 Å². The Kier molecular flexibility index (Phi) is 5.16. The first-order valence-corrected chi connectivity index (χ1v) is 6.64. The molecule has 1 aliphatic rings. The van der Waals surface area contributed by atoms with Gasteiger partial charge in [0.2, 0.25) is 0 Å². The second kappa shape index (κ2) is 6.87. The Hall–Kier alpha value is -0.910. The number of aliphatic hydroxyl groups is 1. The molecule has 1 aromatic rings. The number of halogens is 1. The molecular formula is C12H18ClN3O2. The van der Waals surface area contributed by atoms with Crippen molar-refractivity contribution in [2.24, 2.45) is 0 Å². The molecule has 1 saturated carbocycles. The quantitative estimate of drug-likeness (QED) is 0.558. The molecule has 0 atom stereocenters. The molecule has 18 heavy (non-hydrogen) atoms. The number of nitrogens with zero attached hydrogens (tertiary/aromatic N) is 2. The normalized spacial score (nSPS) is 14.8. The maximum absolute atomic E-state index is 8.55. The number of hydrogen-bond donors (Lipinski definition) is 2. The lowest BCUT2D eigenvalue weighted by Gasteiger charge is -2.07. The van der Waals surface area contributed by atoms with E-state index in [1.54, 1.807) is 6.07 Å². The second-order valence-corrected chi connectivity index (χ2v) is 4.71. The summed E-state index contributed by atoms with van der Waals surface area (Å²) in [7, 11) is 0. The van der Waals surface area contributed by atoms with Crippen LogP contribution in [-0.2, 0) is 4.74 Å².